The van der Waals surface area contributed by atoms with Gasteiger partial charge in [0, 0.05) is 5.56 Å². The summed E-state index contributed by atoms with van der Waals surface area (Å²) in [5.41, 5.74) is 8.50. The lowest BCUT2D eigenvalue weighted by molar-refractivity contribution is 0.439. The topological polar surface area (TPSA) is 52.0 Å². The van der Waals surface area contributed by atoms with Crippen LogP contribution in [-0.2, 0) is 0 Å². The van der Waals surface area contributed by atoms with E-state index in [1.807, 2.05) is 6.07 Å². The Morgan fingerprint density at radius 1 is 1.25 bits per heavy atom. The van der Waals surface area contributed by atoms with Crippen LogP contribution in [0.3, 0.4) is 0 Å². The quantitative estimate of drug-likeness (QED) is 0.614. The third kappa shape index (κ3) is 2.41. The van der Waals surface area contributed by atoms with Crippen LogP contribution in [0.25, 0.3) is 22.4 Å². The molecule has 2 N–H and O–H groups in total. The lowest BCUT2D eigenvalue weighted by Crippen LogP contribution is -1.88. The maximum Gasteiger partial charge on any atom is 0.230 e. The van der Waals surface area contributed by atoms with Crippen molar-refractivity contribution < 1.29 is 8.91 Å². The van der Waals surface area contributed by atoms with Crippen LogP contribution in [0.1, 0.15) is 0 Å². The molecular formula is C13H7Br2FN2OS. The molecule has 0 atom stereocenters. The number of nitrogens with zero attached hydrogens (tertiary/aromatic N) is 1. The fraction of sp³-hybridized carbons (Fsp3) is 0. The molecule has 1 aromatic carbocycles. The molecule has 0 aliphatic heterocycles. The molecule has 3 nitrogen and oxygen atoms in total. The third-order valence-corrected chi connectivity index (χ3v) is 5.08. The van der Waals surface area contributed by atoms with Crippen molar-refractivity contribution >= 4 is 49.1 Å². The Balaban J connectivity index is 2.22. The van der Waals surface area contributed by atoms with Crippen LogP contribution < -0.4 is 5.73 Å². The Labute approximate surface area is 134 Å². The molecule has 0 fully saturated rings. The van der Waals surface area contributed by atoms with Gasteiger partial charge in [0.25, 0.3) is 0 Å². The number of nitrogen functional groups attached to an aromatic ring is 1. The van der Waals surface area contributed by atoms with E-state index in [-0.39, 0.29) is 11.7 Å². The van der Waals surface area contributed by atoms with Gasteiger partial charge in [0.2, 0.25) is 5.88 Å². The number of hydrogen-bond donors (Lipinski definition) is 1. The van der Waals surface area contributed by atoms with Gasteiger partial charge in [0.05, 0.1) is 13.1 Å². The molecule has 20 heavy (non-hydrogen) atoms. The van der Waals surface area contributed by atoms with E-state index in [0.29, 0.717) is 16.8 Å². The van der Waals surface area contributed by atoms with E-state index < -0.39 is 0 Å². The van der Waals surface area contributed by atoms with Gasteiger partial charge in [-0.2, -0.15) is 0 Å². The number of thiophene rings is 1. The first-order valence-corrected chi connectivity index (χ1v) is 7.93. The van der Waals surface area contributed by atoms with Crippen molar-refractivity contribution in [3.63, 3.8) is 0 Å². The van der Waals surface area contributed by atoms with Crippen LogP contribution >= 0.6 is 43.2 Å². The van der Waals surface area contributed by atoms with Gasteiger partial charge in [-0.1, -0.05) is 17.3 Å². The summed E-state index contributed by atoms with van der Waals surface area (Å²) in [5.74, 6) is -0.167. The number of aromatic nitrogens is 1. The first-order valence-electron chi connectivity index (χ1n) is 5.52. The van der Waals surface area contributed by atoms with Gasteiger partial charge in [0.1, 0.15) is 11.5 Å². The number of anilines is 1. The van der Waals surface area contributed by atoms with Crippen molar-refractivity contribution in [1.29, 1.82) is 0 Å². The Morgan fingerprint density at radius 2 is 2.05 bits per heavy atom. The molecule has 0 radical (unpaired) electrons. The van der Waals surface area contributed by atoms with E-state index in [0.717, 1.165) is 13.1 Å². The molecule has 2 heterocycles. The van der Waals surface area contributed by atoms with Gasteiger partial charge in [-0.3, -0.25) is 0 Å². The summed E-state index contributed by atoms with van der Waals surface area (Å²) in [6.07, 6.45) is 0. The molecule has 0 saturated carbocycles. The number of nitrogens with two attached hydrogens (primary N) is 1. The van der Waals surface area contributed by atoms with E-state index in [9.17, 15) is 4.39 Å². The largest absolute Gasteiger partial charge is 0.367 e. The number of halogens is 3. The van der Waals surface area contributed by atoms with Crippen molar-refractivity contribution in [2.75, 3.05) is 5.73 Å². The van der Waals surface area contributed by atoms with Gasteiger partial charge < -0.3 is 10.3 Å². The molecule has 3 rings (SSSR count). The summed E-state index contributed by atoms with van der Waals surface area (Å²) in [7, 11) is 0. The molecule has 0 aliphatic rings. The molecule has 2 aromatic heterocycles. The molecule has 0 amide bonds. The Bertz CT molecular complexity index is 785. The van der Waals surface area contributed by atoms with E-state index in [2.05, 4.69) is 37.0 Å². The lowest BCUT2D eigenvalue weighted by Gasteiger charge is -2.02. The molecule has 0 unspecified atom stereocenters. The first-order chi connectivity index (χ1) is 9.56. The first kappa shape index (κ1) is 13.8. The Morgan fingerprint density at radius 3 is 2.70 bits per heavy atom. The summed E-state index contributed by atoms with van der Waals surface area (Å²) in [6, 6.07) is 8.09. The summed E-state index contributed by atoms with van der Waals surface area (Å²) >= 11 is 8.41. The summed E-state index contributed by atoms with van der Waals surface area (Å²) < 4.78 is 20.3. The van der Waals surface area contributed by atoms with Crippen LogP contribution in [-0.4, -0.2) is 5.16 Å². The zero-order valence-corrected chi connectivity index (χ0v) is 13.9. The monoisotopic (exact) mass is 416 g/mol. The van der Waals surface area contributed by atoms with Gasteiger partial charge in [-0.05, 0) is 55.6 Å². The molecule has 0 spiro atoms. The highest BCUT2D eigenvalue weighted by atomic mass is 79.9. The van der Waals surface area contributed by atoms with Crippen LogP contribution in [0.5, 0.6) is 0 Å². The number of benzene rings is 1. The highest BCUT2D eigenvalue weighted by molar-refractivity contribution is 9.12. The summed E-state index contributed by atoms with van der Waals surface area (Å²) in [5, 5.41) is 4.00. The lowest BCUT2D eigenvalue weighted by atomic mass is 10.0. The van der Waals surface area contributed by atoms with Crippen LogP contribution in [0.15, 0.2) is 42.4 Å². The Hall–Kier alpha value is -1.18. The SMILES string of the molecule is Nc1onc(-c2cc(Br)sc2Br)c1-c1cccc(F)c1. The summed E-state index contributed by atoms with van der Waals surface area (Å²) in [6.45, 7) is 0. The van der Waals surface area contributed by atoms with Gasteiger partial charge in [0.15, 0.2) is 0 Å². The number of hydrogen-bond acceptors (Lipinski definition) is 4. The van der Waals surface area contributed by atoms with Crippen molar-refractivity contribution in [2.45, 2.75) is 0 Å². The van der Waals surface area contributed by atoms with E-state index in [1.165, 1.54) is 23.5 Å². The average molecular weight is 418 g/mol. The maximum atomic E-state index is 13.4. The fourth-order valence-corrected chi connectivity index (χ4v) is 4.72. The minimum absolute atomic E-state index is 0.167. The highest BCUT2D eigenvalue weighted by Crippen LogP contribution is 2.43. The van der Waals surface area contributed by atoms with Gasteiger partial charge in [-0.15, -0.1) is 11.3 Å². The average Bonchev–Trinajstić information content (AvgIpc) is 2.92. The van der Waals surface area contributed by atoms with Crippen molar-refractivity contribution in [3.05, 3.63) is 43.7 Å². The minimum atomic E-state index is -0.334. The smallest absolute Gasteiger partial charge is 0.230 e. The molecule has 102 valence electrons. The molecule has 0 bridgehead atoms. The standard InChI is InChI=1S/C13H7Br2FN2OS/c14-9-5-8(12(15)20-9)11-10(13(17)19-18-11)6-2-1-3-7(16)4-6/h1-5H,17H2. The zero-order chi connectivity index (χ0) is 14.3. The normalized spacial score (nSPS) is 10.9. The van der Waals surface area contributed by atoms with Crippen LogP contribution in [0.2, 0.25) is 0 Å². The van der Waals surface area contributed by atoms with E-state index in [4.69, 9.17) is 10.3 Å². The zero-order valence-electron chi connectivity index (χ0n) is 9.86. The van der Waals surface area contributed by atoms with Crippen molar-refractivity contribution in [2.24, 2.45) is 0 Å². The molecule has 7 heteroatoms. The molecule has 0 aliphatic carbocycles. The fourth-order valence-electron chi connectivity index (χ4n) is 1.91. The second-order valence-corrected chi connectivity index (χ2v) is 7.77. The Kier molecular flexibility index (Phi) is 3.66. The summed E-state index contributed by atoms with van der Waals surface area (Å²) in [4.78, 5) is 0. The van der Waals surface area contributed by atoms with E-state index >= 15 is 0 Å². The highest BCUT2D eigenvalue weighted by Gasteiger charge is 2.21. The van der Waals surface area contributed by atoms with Crippen LogP contribution in [0.4, 0.5) is 10.3 Å². The molecular weight excluding hydrogens is 411 g/mol. The van der Waals surface area contributed by atoms with E-state index in [1.54, 1.807) is 12.1 Å². The molecule has 0 saturated heterocycles. The predicted octanol–water partition coefficient (Wildman–Crippen LogP) is 5.32. The molecule has 3 aromatic rings. The van der Waals surface area contributed by atoms with Gasteiger partial charge in [-0.25, -0.2) is 4.39 Å². The van der Waals surface area contributed by atoms with Crippen molar-refractivity contribution in [1.82, 2.24) is 5.16 Å². The van der Waals surface area contributed by atoms with Crippen molar-refractivity contribution in [3.8, 4) is 22.4 Å². The third-order valence-electron chi connectivity index (χ3n) is 2.74. The second kappa shape index (κ2) is 5.31. The predicted molar refractivity (Wildman–Crippen MR) is 85.0 cm³/mol. The second-order valence-electron chi connectivity index (χ2n) is 4.02. The minimum Gasteiger partial charge on any atom is -0.367 e. The van der Waals surface area contributed by atoms with Crippen LogP contribution in [0, 0.1) is 5.82 Å². The number of rotatable bonds is 2. The maximum absolute atomic E-state index is 13.4. The van der Waals surface area contributed by atoms with Gasteiger partial charge >= 0.3 is 0 Å².